The first-order chi connectivity index (χ1) is 9.63. The van der Waals surface area contributed by atoms with Crippen LogP contribution in [0, 0.1) is 0 Å². The molecule has 106 valence electrons. The van der Waals surface area contributed by atoms with Crippen LogP contribution in [-0.4, -0.2) is 28.2 Å². The van der Waals surface area contributed by atoms with Crippen LogP contribution < -0.4 is 15.4 Å². The molecule has 1 heterocycles. The van der Waals surface area contributed by atoms with E-state index in [2.05, 4.69) is 17.2 Å². The molecular formula is C14H16N2O3S. The van der Waals surface area contributed by atoms with Crippen molar-refractivity contribution in [3.05, 3.63) is 54.3 Å². The molecule has 4 N–H and O–H groups in total. The third-order valence-electron chi connectivity index (χ3n) is 2.83. The number of aliphatic hydroxyl groups excluding tert-OH is 2. The summed E-state index contributed by atoms with van der Waals surface area (Å²) >= 11 is 5.02. The van der Waals surface area contributed by atoms with Crippen LogP contribution >= 0.6 is 12.2 Å². The normalized spacial score (nSPS) is 22.6. The van der Waals surface area contributed by atoms with Gasteiger partial charge in [-0.1, -0.05) is 24.3 Å². The van der Waals surface area contributed by atoms with E-state index in [1.165, 1.54) is 6.20 Å². The first-order valence-electron chi connectivity index (χ1n) is 6.10. The number of ether oxygens (including phenoxy) is 1. The summed E-state index contributed by atoms with van der Waals surface area (Å²) in [6, 6.07) is 7.01. The van der Waals surface area contributed by atoms with Crippen LogP contribution in [-0.2, 0) is 0 Å². The number of benzene rings is 1. The van der Waals surface area contributed by atoms with Crippen molar-refractivity contribution in [2.75, 3.05) is 6.54 Å². The molecule has 1 aromatic rings. The minimum atomic E-state index is -1.21. The van der Waals surface area contributed by atoms with Crippen LogP contribution in [0.15, 0.2) is 48.7 Å². The second-order valence-electron chi connectivity index (χ2n) is 4.20. The molecule has 0 radical (unpaired) electrons. The highest BCUT2D eigenvalue weighted by molar-refractivity contribution is 7.80. The van der Waals surface area contributed by atoms with Crippen molar-refractivity contribution in [3.63, 3.8) is 0 Å². The number of fused-ring (bicyclic) bond motifs is 1. The Hall–Kier alpha value is -1.89. The summed E-state index contributed by atoms with van der Waals surface area (Å²) in [5, 5.41) is 26.2. The maximum absolute atomic E-state index is 10.3. The summed E-state index contributed by atoms with van der Waals surface area (Å²) in [7, 11) is 0. The molecule has 1 aliphatic heterocycles. The number of thiocarbonyl (C=S) groups is 1. The summed E-state index contributed by atoms with van der Waals surface area (Å²) in [4.78, 5) is 0. The van der Waals surface area contributed by atoms with E-state index in [-0.39, 0.29) is 0 Å². The minimum Gasteiger partial charge on any atom is -0.461 e. The van der Waals surface area contributed by atoms with Crippen LogP contribution in [0.4, 0.5) is 0 Å². The lowest BCUT2D eigenvalue weighted by Crippen LogP contribution is -2.35. The Morgan fingerprint density at radius 3 is 2.90 bits per heavy atom. The second-order valence-corrected chi connectivity index (χ2v) is 4.61. The average molecular weight is 292 g/mol. The van der Waals surface area contributed by atoms with E-state index in [0.29, 0.717) is 28.5 Å². The van der Waals surface area contributed by atoms with Crippen LogP contribution in [0.5, 0.6) is 5.75 Å². The van der Waals surface area contributed by atoms with Crippen molar-refractivity contribution in [2.24, 2.45) is 0 Å². The van der Waals surface area contributed by atoms with E-state index < -0.39 is 12.4 Å². The predicted molar refractivity (Wildman–Crippen MR) is 80.1 cm³/mol. The van der Waals surface area contributed by atoms with Crippen molar-refractivity contribution >= 4 is 17.3 Å². The Kier molecular flexibility index (Phi) is 4.73. The zero-order valence-electron chi connectivity index (χ0n) is 10.7. The summed E-state index contributed by atoms with van der Waals surface area (Å²) in [6.07, 6.45) is 0.966. The molecule has 2 rings (SSSR count). The van der Waals surface area contributed by atoms with Gasteiger partial charge in [0.1, 0.15) is 11.9 Å². The number of para-hydroxylation sites is 1. The van der Waals surface area contributed by atoms with Gasteiger partial charge in [0.2, 0.25) is 6.29 Å². The predicted octanol–water partition coefficient (Wildman–Crippen LogP) is 0.965. The van der Waals surface area contributed by atoms with Gasteiger partial charge in [-0.15, -0.1) is 6.58 Å². The SMILES string of the molecule is C=CCNC(=S)N/C=C1/C(O)Oc2ccccc2C1O. The zero-order chi connectivity index (χ0) is 14.5. The Labute approximate surface area is 122 Å². The molecule has 0 bridgehead atoms. The van der Waals surface area contributed by atoms with Gasteiger partial charge in [0.15, 0.2) is 5.11 Å². The summed E-state index contributed by atoms with van der Waals surface area (Å²) in [5.41, 5.74) is 0.905. The molecule has 2 unspecified atom stereocenters. The van der Waals surface area contributed by atoms with Crippen molar-refractivity contribution < 1.29 is 14.9 Å². The lowest BCUT2D eigenvalue weighted by molar-refractivity contribution is -0.0194. The lowest BCUT2D eigenvalue weighted by atomic mass is 9.98. The van der Waals surface area contributed by atoms with E-state index in [9.17, 15) is 10.2 Å². The number of rotatable bonds is 3. The summed E-state index contributed by atoms with van der Waals surface area (Å²) < 4.78 is 5.34. The Bertz CT molecular complexity index is 545. The second kappa shape index (κ2) is 6.51. The Morgan fingerprint density at radius 2 is 2.15 bits per heavy atom. The largest absolute Gasteiger partial charge is 0.461 e. The number of hydrogen-bond donors (Lipinski definition) is 4. The fourth-order valence-corrected chi connectivity index (χ4v) is 1.97. The van der Waals surface area contributed by atoms with Crippen molar-refractivity contribution in [3.8, 4) is 5.75 Å². The number of aliphatic hydroxyl groups is 2. The van der Waals surface area contributed by atoms with E-state index in [1.807, 2.05) is 0 Å². The number of hydrogen-bond acceptors (Lipinski definition) is 4. The fraction of sp³-hybridized carbons (Fsp3) is 0.214. The van der Waals surface area contributed by atoms with Gasteiger partial charge in [0.05, 0.1) is 0 Å². The molecule has 6 heteroatoms. The first kappa shape index (κ1) is 14.5. The van der Waals surface area contributed by atoms with E-state index in [0.717, 1.165) is 0 Å². The molecular weight excluding hydrogens is 276 g/mol. The van der Waals surface area contributed by atoms with E-state index in [1.54, 1.807) is 30.3 Å². The van der Waals surface area contributed by atoms with Crippen LogP contribution in [0.2, 0.25) is 0 Å². The molecule has 1 aliphatic rings. The Morgan fingerprint density at radius 1 is 1.40 bits per heavy atom. The smallest absolute Gasteiger partial charge is 0.224 e. The van der Waals surface area contributed by atoms with Gasteiger partial charge < -0.3 is 25.6 Å². The maximum Gasteiger partial charge on any atom is 0.224 e. The van der Waals surface area contributed by atoms with Crippen molar-refractivity contribution in [1.82, 2.24) is 10.6 Å². The molecule has 5 nitrogen and oxygen atoms in total. The minimum absolute atomic E-state index is 0.298. The molecule has 2 atom stereocenters. The summed E-state index contributed by atoms with van der Waals surface area (Å²) in [5.74, 6) is 0.469. The molecule has 1 aromatic carbocycles. The standard InChI is InChI=1S/C14H16N2O3S/c1-2-7-15-14(20)16-8-10-12(17)9-5-3-4-6-11(9)19-13(10)18/h2-6,8,12-13,17-18H,1,7H2,(H2,15,16,20)/b10-8+. The lowest BCUT2D eigenvalue weighted by Gasteiger charge is -2.29. The van der Waals surface area contributed by atoms with Gasteiger partial charge in [-0.2, -0.15) is 0 Å². The fourth-order valence-electron chi connectivity index (χ4n) is 1.83. The molecule has 0 aliphatic carbocycles. The highest BCUT2D eigenvalue weighted by Gasteiger charge is 2.30. The highest BCUT2D eigenvalue weighted by atomic mass is 32.1. The maximum atomic E-state index is 10.3. The summed E-state index contributed by atoms with van der Waals surface area (Å²) in [6.45, 7) is 4.09. The quantitative estimate of drug-likeness (QED) is 0.491. The van der Waals surface area contributed by atoms with Gasteiger partial charge in [-0.3, -0.25) is 0 Å². The van der Waals surface area contributed by atoms with Gasteiger partial charge in [-0.05, 0) is 18.3 Å². The molecule has 0 saturated heterocycles. The van der Waals surface area contributed by atoms with Gasteiger partial charge in [0.25, 0.3) is 0 Å². The van der Waals surface area contributed by atoms with Gasteiger partial charge >= 0.3 is 0 Å². The van der Waals surface area contributed by atoms with Crippen LogP contribution in [0.25, 0.3) is 0 Å². The van der Waals surface area contributed by atoms with Crippen molar-refractivity contribution in [2.45, 2.75) is 12.4 Å². The van der Waals surface area contributed by atoms with Crippen molar-refractivity contribution in [1.29, 1.82) is 0 Å². The third-order valence-corrected chi connectivity index (χ3v) is 3.09. The topological polar surface area (TPSA) is 73.8 Å². The van der Waals surface area contributed by atoms with E-state index in [4.69, 9.17) is 17.0 Å². The third kappa shape index (κ3) is 3.16. The van der Waals surface area contributed by atoms with Gasteiger partial charge in [-0.25, -0.2) is 0 Å². The van der Waals surface area contributed by atoms with Gasteiger partial charge in [0, 0.05) is 23.9 Å². The molecule has 0 fully saturated rings. The molecule has 20 heavy (non-hydrogen) atoms. The van der Waals surface area contributed by atoms with E-state index >= 15 is 0 Å². The van der Waals surface area contributed by atoms with Crippen LogP contribution in [0.1, 0.15) is 11.7 Å². The van der Waals surface area contributed by atoms with Crippen LogP contribution in [0.3, 0.4) is 0 Å². The first-order valence-corrected chi connectivity index (χ1v) is 6.51. The highest BCUT2D eigenvalue weighted by Crippen LogP contribution is 2.36. The molecule has 0 aromatic heterocycles. The molecule has 0 amide bonds. The average Bonchev–Trinajstić information content (AvgIpc) is 2.45. The zero-order valence-corrected chi connectivity index (χ0v) is 11.6. The number of nitrogens with one attached hydrogen (secondary N) is 2. The Balaban J connectivity index is 2.12. The molecule has 0 spiro atoms. The monoisotopic (exact) mass is 292 g/mol. The molecule has 0 saturated carbocycles.